The minimum Gasteiger partial charge on any atom is -0.395 e. The van der Waals surface area contributed by atoms with Crippen LogP contribution in [-0.4, -0.2) is 23.7 Å². The molecule has 2 rings (SSSR count). The van der Waals surface area contributed by atoms with Crippen molar-refractivity contribution >= 4 is 11.6 Å². The minimum absolute atomic E-state index is 0.0431. The molecular weight excluding hydrogens is 216 g/mol. The van der Waals surface area contributed by atoms with Crippen LogP contribution in [0.2, 0.25) is 0 Å². The number of benzene rings is 1. The highest BCUT2D eigenvalue weighted by Crippen LogP contribution is 2.31. The molecule has 1 amide bonds. The smallest absolute Gasteiger partial charge is 0.246 e. The molecule has 1 aliphatic heterocycles. The molecule has 0 saturated carbocycles. The molecule has 0 aromatic heterocycles. The molecule has 1 aromatic rings. The monoisotopic (exact) mass is 234 g/mol. The number of carbonyl (C=O) groups is 1. The summed E-state index contributed by atoms with van der Waals surface area (Å²) in [6.45, 7) is 4.03. The van der Waals surface area contributed by atoms with Gasteiger partial charge >= 0.3 is 0 Å². The maximum absolute atomic E-state index is 11.9. The first kappa shape index (κ1) is 12.1. The number of rotatable bonds is 4. The number of hydrogen-bond donors (Lipinski definition) is 3. The number of amides is 1. The molecular formula is C13H18N2O2. The molecule has 2 unspecified atom stereocenters. The molecule has 0 aliphatic carbocycles. The van der Waals surface area contributed by atoms with Crippen molar-refractivity contribution in [1.29, 1.82) is 0 Å². The average Bonchev–Trinajstić information content (AvgIpc) is 2.62. The van der Waals surface area contributed by atoms with Gasteiger partial charge in [0.1, 0.15) is 6.04 Å². The Morgan fingerprint density at radius 2 is 2.29 bits per heavy atom. The topological polar surface area (TPSA) is 61.4 Å². The number of hydrogen-bond acceptors (Lipinski definition) is 3. The Hall–Kier alpha value is -1.39. The molecule has 0 spiro atoms. The van der Waals surface area contributed by atoms with E-state index in [1.54, 1.807) is 0 Å². The molecule has 2 atom stereocenters. The zero-order valence-corrected chi connectivity index (χ0v) is 10.2. The third kappa shape index (κ3) is 2.33. The van der Waals surface area contributed by atoms with Crippen LogP contribution in [0.4, 0.5) is 5.69 Å². The van der Waals surface area contributed by atoms with Crippen molar-refractivity contribution in [1.82, 2.24) is 5.32 Å². The van der Waals surface area contributed by atoms with Crippen LogP contribution < -0.4 is 10.6 Å². The van der Waals surface area contributed by atoms with Gasteiger partial charge in [-0.05, 0) is 19.4 Å². The van der Waals surface area contributed by atoms with Crippen LogP contribution >= 0.6 is 0 Å². The molecule has 17 heavy (non-hydrogen) atoms. The van der Waals surface area contributed by atoms with Gasteiger partial charge in [0.2, 0.25) is 5.91 Å². The molecule has 4 heteroatoms. The van der Waals surface area contributed by atoms with Crippen molar-refractivity contribution in [2.24, 2.45) is 0 Å². The first-order valence-corrected chi connectivity index (χ1v) is 5.94. The highest BCUT2D eigenvalue weighted by molar-refractivity contribution is 6.02. The van der Waals surface area contributed by atoms with E-state index in [9.17, 15) is 9.90 Å². The van der Waals surface area contributed by atoms with E-state index in [4.69, 9.17) is 0 Å². The van der Waals surface area contributed by atoms with Crippen molar-refractivity contribution in [3.05, 3.63) is 29.3 Å². The zero-order chi connectivity index (χ0) is 12.4. The lowest BCUT2D eigenvalue weighted by Gasteiger charge is -2.18. The van der Waals surface area contributed by atoms with Crippen LogP contribution in [0.1, 0.15) is 30.5 Å². The SMILES string of the molecule is CCC(CO)NC1C(=O)Nc2ccc(C)cc21. The molecule has 92 valence electrons. The lowest BCUT2D eigenvalue weighted by atomic mass is 10.0. The van der Waals surface area contributed by atoms with E-state index in [0.29, 0.717) is 0 Å². The normalized spacial score (nSPS) is 19.9. The Labute approximate surface area is 101 Å². The van der Waals surface area contributed by atoms with E-state index in [0.717, 1.165) is 23.2 Å². The Bertz CT molecular complexity index is 427. The number of carbonyl (C=O) groups excluding carboxylic acids is 1. The van der Waals surface area contributed by atoms with Gasteiger partial charge in [-0.1, -0.05) is 24.6 Å². The second kappa shape index (κ2) is 4.85. The van der Waals surface area contributed by atoms with E-state index in [1.807, 2.05) is 32.0 Å². The number of aliphatic hydroxyl groups is 1. The Morgan fingerprint density at radius 1 is 1.53 bits per heavy atom. The summed E-state index contributed by atoms with van der Waals surface area (Å²) in [4.78, 5) is 11.9. The second-order valence-electron chi connectivity index (χ2n) is 4.47. The van der Waals surface area contributed by atoms with E-state index in [-0.39, 0.29) is 24.6 Å². The Morgan fingerprint density at radius 3 is 2.94 bits per heavy atom. The van der Waals surface area contributed by atoms with E-state index in [2.05, 4.69) is 10.6 Å². The number of nitrogens with one attached hydrogen (secondary N) is 2. The summed E-state index contributed by atoms with van der Waals surface area (Å²) in [5, 5.41) is 15.2. The number of aliphatic hydroxyl groups excluding tert-OH is 1. The standard InChI is InChI=1S/C13H18N2O2/c1-3-9(7-16)14-12-10-6-8(2)4-5-11(10)15-13(12)17/h4-6,9,12,14,16H,3,7H2,1-2H3,(H,15,17). The van der Waals surface area contributed by atoms with E-state index in [1.165, 1.54) is 0 Å². The number of fused-ring (bicyclic) bond motifs is 1. The summed E-state index contributed by atoms with van der Waals surface area (Å²) in [7, 11) is 0. The van der Waals surface area contributed by atoms with Crippen molar-refractivity contribution in [2.45, 2.75) is 32.4 Å². The number of aryl methyl sites for hydroxylation is 1. The maximum atomic E-state index is 11.9. The largest absolute Gasteiger partial charge is 0.395 e. The molecule has 0 radical (unpaired) electrons. The lowest BCUT2D eigenvalue weighted by molar-refractivity contribution is -0.117. The molecule has 0 bridgehead atoms. The lowest BCUT2D eigenvalue weighted by Crippen LogP contribution is -2.38. The van der Waals surface area contributed by atoms with Gasteiger partial charge in [0.25, 0.3) is 0 Å². The van der Waals surface area contributed by atoms with Gasteiger partial charge < -0.3 is 10.4 Å². The van der Waals surface area contributed by atoms with Crippen LogP contribution in [0.15, 0.2) is 18.2 Å². The van der Waals surface area contributed by atoms with Crippen LogP contribution in [0.5, 0.6) is 0 Å². The predicted octanol–water partition coefficient (Wildman–Crippen LogP) is 1.35. The fourth-order valence-electron chi connectivity index (χ4n) is 2.08. The van der Waals surface area contributed by atoms with Crippen LogP contribution in [0.25, 0.3) is 0 Å². The van der Waals surface area contributed by atoms with Gasteiger partial charge in [0, 0.05) is 17.3 Å². The van der Waals surface area contributed by atoms with Gasteiger partial charge in [-0.2, -0.15) is 0 Å². The van der Waals surface area contributed by atoms with E-state index < -0.39 is 0 Å². The second-order valence-corrected chi connectivity index (χ2v) is 4.47. The summed E-state index contributed by atoms with van der Waals surface area (Å²) in [5.74, 6) is -0.0440. The van der Waals surface area contributed by atoms with Crippen LogP contribution in [0.3, 0.4) is 0 Å². The van der Waals surface area contributed by atoms with E-state index >= 15 is 0 Å². The minimum atomic E-state index is -0.345. The van der Waals surface area contributed by atoms with Gasteiger partial charge in [0.15, 0.2) is 0 Å². The zero-order valence-electron chi connectivity index (χ0n) is 10.2. The highest BCUT2D eigenvalue weighted by atomic mass is 16.3. The quantitative estimate of drug-likeness (QED) is 0.737. The summed E-state index contributed by atoms with van der Waals surface area (Å²) in [5.41, 5.74) is 2.97. The van der Waals surface area contributed by atoms with Crippen LogP contribution in [0, 0.1) is 6.92 Å². The van der Waals surface area contributed by atoms with Gasteiger partial charge in [-0.25, -0.2) is 0 Å². The molecule has 1 aromatic carbocycles. The molecule has 1 aliphatic rings. The Kier molecular flexibility index (Phi) is 3.45. The summed E-state index contributed by atoms with van der Waals surface area (Å²) in [6, 6.07) is 5.52. The van der Waals surface area contributed by atoms with Crippen molar-refractivity contribution in [3.8, 4) is 0 Å². The molecule has 0 fully saturated rings. The fourth-order valence-corrected chi connectivity index (χ4v) is 2.08. The molecule has 0 saturated heterocycles. The molecule has 1 heterocycles. The van der Waals surface area contributed by atoms with Crippen LogP contribution in [-0.2, 0) is 4.79 Å². The first-order chi connectivity index (χ1) is 8.15. The third-order valence-electron chi connectivity index (χ3n) is 3.15. The highest BCUT2D eigenvalue weighted by Gasteiger charge is 2.31. The third-order valence-corrected chi connectivity index (χ3v) is 3.15. The van der Waals surface area contributed by atoms with Crippen molar-refractivity contribution in [3.63, 3.8) is 0 Å². The number of anilines is 1. The summed E-state index contributed by atoms with van der Waals surface area (Å²) >= 11 is 0. The Balaban J connectivity index is 2.24. The van der Waals surface area contributed by atoms with Crippen molar-refractivity contribution in [2.75, 3.05) is 11.9 Å². The van der Waals surface area contributed by atoms with Gasteiger partial charge in [-0.3, -0.25) is 10.1 Å². The summed E-state index contributed by atoms with van der Waals surface area (Å²) < 4.78 is 0. The predicted molar refractivity (Wildman–Crippen MR) is 66.9 cm³/mol. The maximum Gasteiger partial charge on any atom is 0.246 e. The van der Waals surface area contributed by atoms with Gasteiger partial charge in [-0.15, -0.1) is 0 Å². The fraction of sp³-hybridized carbons (Fsp3) is 0.462. The average molecular weight is 234 g/mol. The van der Waals surface area contributed by atoms with Gasteiger partial charge in [0.05, 0.1) is 6.61 Å². The molecule has 4 nitrogen and oxygen atoms in total. The molecule has 3 N–H and O–H groups in total. The first-order valence-electron chi connectivity index (χ1n) is 5.94. The van der Waals surface area contributed by atoms with Crippen molar-refractivity contribution < 1.29 is 9.90 Å². The summed E-state index contributed by atoms with van der Waals surface area (Å²) in [6.07, 6.45) is 0.793.